The predicted octanol–water partition coefficient (Wildman–Crippen LogP) is 3.73. The van der Waals surface area contributed by atoms with Gasteiger partial charge in [0, 0.05) is 17.3 Å². The summed E-state index contributed by atoms with van der Waals surface area (Å²) in [6.07, 6.45) is -4.39. The number of rotatable bonds is 3. The summed E-state index contributed by atoms with van der Waals surface area (Å²) in [6, 6.07) is 4.06. The maximum Gasteiger partial charge on any atom is 0.433 e. The van der Waals surface area contributed by atoms with Crippen LogP contribution in [0.25, 0.3) is 0 Å². The van der Waals surface area contributed by atoms with E-state index >= 15 is 0 Å². The molecule has 1 atom stereocenters. The Hall–Kier alpha value is -3.04. The molecule has 0 radical (unpaired) electrons. The molecule has 0 fully saturated rings. The molecule has 1 aliphatic carbocycles. The van der Waals surface area contributed by atoms with Crippen molar-refractivity contribution in [3.63, 3.8) is 0 Å². The number of halogens is 3. The lowest BCUT2D eigenvalue weighted by atomic mass is 9.85. The fraction of sp³-hybridized carbons (Fsp3) is 0.389. The van der Waals surface area contributed by atoms with E-state index in [1.807, 2.05) is 0 Å². The Kier molecular flexibility index (Phi) is 5.05. The molecule has 1 heterocycles. The molecule has 1 unspecified atom stereocenters. The Balaban J connectivity index is 1.86. The van der Waals surface area contributed by atoms with Gasteiger partial charge in [-0.15, -0.1) is 0 Å². The summed E-state index contributed by atoms with van der Waals surface area (Å²) in [5.74, 6) is -1.51. The fourth-order valence-electron chi connectivity index (χ4n) is 3.27. The smallest absolute Gasteiger partial charge is 0.426 e. The van der Waals surface area contributed by atoms with Gasteiger partial charge in [-0.1, -0.05) is 6.07 Å². The van der Waals surface area contributed by atoms with E-state index in [4.69, 9.17) is 4.74 Å². The quantitative estimate of drug-likeness (QED) is 0.340. The molecule has 0 spiro atoms. The number of benzene rings is 1. The van der Waals surface area contributed by atoms with Gasteiger partial charge in [-0.2, -0.15) is 13.2 Å². The van der Waals surface area contributed by atoms with Crippen molar-refractivity contribution in [1.82, 2.24) is 9.97 Å². The number of aromatic nitrogens is 2. The average Bonchev–Trinajstić information content (AvgIpc) is 2.61. The molecule has 148 valence electrons. The highest BCUT2D eigenvalue weighted by Gasteiger charge is 2.40. The number of ether oxygens (including phenoxy) is 1. The summed E-state index contributed by atoms with van der Waals surface area (Å²) >= 11 is 0. The Bertz CT molecular complexity index is 960. The second-order valence-electron chi connectivity index (χ2n) is 6.56. The van der Waals surface area contributed by atoms with Crippen LogP contribution < -0.4 is 4.74 Å². The molecule has 0 amide bonds. The summed E-state index contributed by atoms with van der Waals surface area (Å²) in [5.41, 5.74) is -0.869. The molecule has 0 saturated carbocycles. The van der Waals surface area contributed by atoms with Gasteiger partial charge in [0.1, 0.15) is 11.6 Å². The standard InChI is InChI=1S/C18H16F3N3O4/c1-9-14(24(26)27)4-3-5-15(9)28-17(25)11-6-7-13-12(8-11)16(18(19,20)21)23-10(2)22-13/h3-5,11H,6-8H2,1-2H3. The van der Waals surface area contributed by atoms with Gasteiger partial charge < -0.3 is 4.74 Å². The first-order chi connectivity index (χ1) is 13.1. The van der Waals surface area contributed by atoms with Crippen LogP contribution in [-0.2, 0) is 23.8 Å². The summed E-state index contributed by atoms with van der Waals surface area (Å²) in [6.45, 7) is 2.83. The van der Waals surface area contributed by atoms with Crippen molar-refractivity contribution in [3.8, 4) is 5.75 Å². The summed E-state index contributed by atoms with van der Waals surface area (Å²) in [5, 5.41) is 11.0. The zero-order chi connectivity index (χ0) is 20.6. The number of nitro groups is 1. The molecular weight excluding hydrogens is 379 g/mol. The van der Waals surface area contributed by atoms with E-state index in [2.05, 4.69) is 9.97 Å². The monoisotopic (exact) mass is 395 g/mol. The minimum absolute atomic E-state index is 0.0150. The number of hydrogen-bond acceptors (Lipinski definition) is 6. The van der Waals surface area contributed by atoms with E-state index in [0.717, 1.165) is 0 Å². The van der Waals surface area contributed by atoms with Crippen LogP contribution in [0.2, 0.25) is 0 Å². The molecule has 0 bridgehead atoms. The summed E-state index contributed by atoms with van der Waals surface area (Å²) in [7, 11) is 0. The van der Waals surface area contributed by atoms with Gasteiger partial charge in [-0.3, -0.25) is 14.9 Å². The Morgan fingerprint density at radius 1 is 1.29 bits per heavy atom. The predicted molar refractivity (Wildman–Crippen MR) is 90.8 cm³/mol. The van der Waals surface area contributed by atoms with Crippen molar-refractivity contribution in [2.45, 2.75) is 39.3 Å². The highest BCUT2D eigenvalue weighted by atomic mass is 19.4. The second kappa shape index (κ2) is 7.17. The van der Waals surface area contributed by atoms with Gasteiger partial charge in [0.15, 0.2) is 5.69 Å². The highest BCUT2D eigenvalue weighted by Crippen LogP contribution is 2.36. The summed E-state index contributed by atoms with van der Waals surface area (Å²) < 4.78 is 45.3. The topological polar surface area (TPSA) is 95.2 Å². The van der Waals surface area contributed by atoms with E-state index in [0.29, 0.717) is 0 Å². The van der Waals surface area contributed by atoms with Crippen molar-refractivity contribution >= 4 is 11.7 Å². The number of aryl methyl sites for hydroxylation is 2. The SMILES string of the molecule is Cc1nc2c(c(C(F)(F)F)n1)CC(C(=O)Oc1cccc([N+](=O)[O-])c1C)CC2. The van der Waals surface area contributed by atoms with Crippen molar-refractivity contribution in [3.05, 3.63) is 56.7 Å². The maximum absolute atomic E-state index is 13.3. The molecule has 10 heteroatoms. The first-order valence-corrected chi connectivity index (χ1v) is 8.47. The van der Waals surface area contributed by atoms with Crippen LogP contribution in [0, 0.1) is 29.9 Å². The molecule has 7 nitrogen and oxygen atoms in total. The molecule has 1 aromatic heterocycles. The van der Waals surface area contributed by atoms with Crippen molar-refractivity contribution in [2.75, 3.05) is 0 Å². The number of carbonyl (C=O) groups is 1. The molecule has 2 aromatic rings. The zero-order valence-corrected chi connectivity index (χ0v) is 15.0. The number of alkyl halides is 3. The van der Waals surface area contributed by atoms with E-state index in [1.165, 1.54) is 32.0 Å². The highest BCUT2D eigenvalue weighted by molar-refractivity contribution is 5.76. The van der Waals surface area contributed by atoms with Crippen molar-refractivity contribution < 1.29 is 27.6 Å². The van der Waals surface area contributed by atoms with Crippen LogP contribution in [-0.4, -0.2) is 20.9 Å². The lowest BCUT2D eigenvalue weighted by Crippen LogP contribution is -2.30. The lowest BCUT2D eigenvalue weighted by molar-refractivity contribution is -0.385. The Morgan fingerprint density at radius 3 is 2.64 bits per heavy atom. The fourth-order valence-corrected chi connectivity index (χ4v) is 3.27. The minimum Gasteiger partial charge on any atom is -0.426 e. The minimum atomic E-state index is -4.65. The van der Waals surface area contributed by atoms with E-state index in [9.17, 15) is 28.1 Å². The molecule has 0 aliphatic heterocycles. The van der Waals surface area contributed by atoms with Gasteiger partial charge in [-0.25, -0.2) is 9.97 Å². The van der Waals surface area contributed by atoms with Crippen LogP contribution >= 0.6 is 0 Å². The molecular formula is C18H16F3N3O4. The van der Waals surface area contributed by atoms with Crippen molar-refractivity contribution in [1.29, 1.82) is 0 Å². The number of hydrogen-bond donors (Lipinski definition) is 0. The molecule has 1 aliphatic rings. The molecule has 3 rings (SSSR count). The van der Waals surface area contributed by atoms with E-state index in [-0.39, 0.29) is 53.3 Å². The third kappa shape index (κ3) is 3.80. The van der Waals surface area contributed by atoms with Crippen LogP contribution in [0.15, 0.2) is 18.2 Å². The lowest BCUT2D eigenvalue weighted by Gasteiger charge is -2.25. The van der Waals surface area contributed by atoms with Crippen LogP contribution in [0.5, 0.6) is 5.75 Å². The molecule has 0 N–H and O–H groups in total. The number of nitro benzene ring substituents is 1. The Morgan fingerprint density at radius 2 is 2.00 bits per heavy atom. The summed E-state index contributed by atoms with van der Waals surface area (Å²) in [4.78, 5) is 30.5. The average molecular weight is 395 g/mol. The van der Waals surface area contributed by atoms with E-state index in [1.54, 1.807) is 0 Å². The van der Waals surface area contributed by atoms with Gasteiger partial charge >= 0.3 is 12.1 Å². The zero-order valence-electron chi connectivity index (χ0n) is 15.0. The first-order valence-electron chi connectivity index (χ1n) is 8.47. The third-order valence-corrected chi connectivity index (χ3v) is 4.65. The van der Waals surface area contributed by atoms with Crippen LogP contribution in [0.4, 0.5) is 18.9 Å². The van der Waals surface area contributed by atoms with Crippen LogP contribution in [0.1, 0.15) is 34.8 Å². The second-order valence-corrected chi connectivity index (χ2v) is 6.56. The number of esters is 1. The first kappa shape index (κ1) is 19.7. The largest absolute Gasteiger partial charge is 0.433 e. The van der Waals surface area contributed by atoms with Gasteiger partial charge in [0.25, 0.3) is 5.69 Å². The Labute approximate surface area is 157 Å². The van der Waals surface area contributed by atoms with Crippen molar-refractivity contribution in [2.24, 2.45) is 5.92 Å². The number of nitrogens with zero attached hydrogens (tertiary/aromatic N) is 3. The number of fused-ring (bicyclic) bond motifs is 1. The number of carbonyl (C=O) groups excluding carboxylic acids is 1. The van der Waals surface area contributed by atoms with Gasteiger partial charge in [0.05, 0.1) is 16.4 Å². The molecule has 0 saturated heterocycles. The molecule has 1 aromatic carbocycles. The molecule has 28 heavy (non-hydrogen) atoms. The maximum atomic E-state index is 13.3. The van der Waals surface area contributed by atoms with Gasteiger partial charge in [0.2, 0.25) is 0 Å². The van der Waals surface area contributed by atoms with E-state index < -0.39 is 28.7 Å². The van der Waals surface area contributed by atoms with Gasteiger partial charge in [-0.05, 0) is 39.2 Å². The normalized spacial score (nSPS) is 16.4. The van der Waals surface area contributed by atoms with Crippen LogP contribution in [0.3, 0.4) is 0 Å². The third-order valence-electron chi connectivity index (χ3n) is 4.65.